The third-order valence-electron chi connectivity index (χ3n) is 4.74. The highest BCUT2D eigenvalue weighted by molar-refractivity contribution is 7.98. The Morgan fingerprint density at radius 2 is 1.96 bits per heavy atom. The van der Waals surface area contributed by atoms with Crippen LogP contribution in [-0.4, -0.2) is 54.1 Å². The number of allylic oxidation sites excluding steroid dienone is 1. The van der Waals surface area contributed by atoms with Crippen molar-refractivity contribution in [1.29, 1.82) is 0 Å². The summed E-state index contributed by atoms with van der Waals surface area (Å²) in [6.07, 6.45) is 7.56. The minimum Gasteiger partial charge on any atom is -0.357 e. The van der Waals surface area contributed by atoms with Crippen molar-refractivity contribution in [1.82, 2.24) is 14.8 Å². The van der Waals surface area contributed by atoms with Crippen LogP contribution in [0, 0.1) is 6.92 Å². The molecule has 1 aliphatic rings. The number of amides is 1. The van der Waals surface area contributed by atoms with E-state index in [1.807, 2.05) is 51.8 Å². The van der Waals surface area contributed by atoms with E-state index in [1.165, 1.54) is 12.8 Å². The van der Waals surface area contributed by atoms with Crippen molar-refractivity contribution in [2.75, 3.05) is 32.9 Å². The Morgan fingerprint density at radius 3 is 2.44 bits per heavy atom. The molecule has 0 radical (unpaired) electrons. The van der Waals surface area contributed by atoms with E-state index in [-0.39, 0.29) is 5.91 Å². The minimum absolute atomic E-state index is 0.0372. The summed E-state index contributed by atoms with van der Waals surface area (Å²) in [4.78, 5) is 20.6. The van der Waals surface area contributed by atoms with Crippen LogP contribution in [0.4, 0.5) is 0 Å². The van der Waals surface area contributed by atoms with Gasteiger partial charge in [0.15, 0.2) is 0 Å². The Labute approximate surface area is 169 Å². The molecule has 1 saturated heterocycles. The number of aromatic nitrogens is 1. The molecule has 2 rings (SSSR count). The highest BCUT2D eigenvalue weighted by Gasteiger charge is 2.20. The molecule has 0 aromatic carbocycles. The van der Waals surface area contributed by atoms with Crippen LogP contribution in [0.3, 0.4) is 0 Å². The third kappa shape index (κ3) is 5.89. The van der Waals surface area contributed by atoms with E-state index >= 15 is 0 Å². The van der Waals surface area contributed by atoms with Crippen molar-refractivity contribution in [2.45, 2.75) is 51.9 Å². The van der Waals surface area contributed by atoms with Gasteiger partial charge in [-0.25, -0.2) is 0 Å². The van der Waals surface area contributed by atoms with E-state index in [2.05, 4.69) is 28.2 Å². The summed E-state index contributed by atoms with van der Waals surface area (Å²) in [6, 6.07) is 1.97. The van der Waals surface area contributed by atoms with Crippen LogP contribution >= 0.6 is 11.8 Å². The molecule has 6 heteroatoms. The van der Waals surface area contributed by atoms with Gasteiger partial charge in [0.05, 0.1) is 0 Å². The molecule has 1 aromatic rings. The molecule has 5 nitrogen and oxygen atoms in total. The van der Waals surface area contributed by atoms with Crippen molar-refractivity contribution in [3.8, 4) is 0 Å². The molecule has 152 valence electrons. The average Bonchev–Trinajstić information content (AvgIpc) is 3.31. The van der Waals surface area contributed by atoms with Crippen molar-refractivity contribution < 1.29 is 4.79 Å². The van der Waals surface area contributed by atoms with Gasteiger partial charge in [-0.05, 0) is 38.5 Å². The number of carbonyl (C=O) groups is 1. The second-order valence-corrected chi connectivity index (χ2v) is 7.15. The van der Waals surface area contributed by atoms with Crippen molar-refractivity contribution in [3.05, 3.63) is 29.1 Å². The van der Waals surface area contributed by atoms with E-state index in [4.69, 9.17) is 0 Å². The lowest BCUT2D eigenvalue weighted by Gasteiger charge is -2.22. The zero-order chi connectivity index (χ0) is 20.4. The molecular weight excluding hydrogens is 356 g/mol. The number of amidine groups is 1. The first-order chi connectivity index (χ1) is 13.0. The van der Waals surface area contributed by atoms with Crippen LogP contribution in [-0.2, 0) is 7.05 Å². The number of hydrogen-bond acceptors (Lipinski definition) is 3. The van der Waals surface area contributed by atoms with Gasteiger partial charge in [0.1, 0.15) is 11.5 Å². The predicted molar refractivity (Wildman–Crippen MR) is 118 cm³/mol. The fraction of sp³-hybridized carbons (Fsp3) is 0.619. The van der Waals surface area contributed by atoms with Crippen LogP contribution in [0.15, 0.2) is 27.6 Å². The maximum Gasteiger partial charge on any atom is 0.268 e. The maximum atomic E-state index is 12.7. The normalized spacial score (nSPS) is 14.9. The van der Waals surface area contributed by atoms with Gasteiger partial charge in [-0.1, -0.05) is 26.8 Å². The number of nitrogens with one attached hydrogen (secondary N) is 1. The Balaban J connectivity index is 0.00000176. The van der Waals surface area contributed by atoms with Crippen LogP contribution in [0.25, 0.3) is 0 Å². The summed E-state index contributed by atoms with van der Waals surface area (Å²) in [5, 5.41) is 3.08. The van der Waals surface area contributed by atoms with Gasteiger partial charge >= 0.3 is 0 Å². The molecule has 2 heterocycles. The summed E-state index contributed by atoms with van der Waals surface area (Å²) in [6.45, 7) is 10.8. The number of carbonyl (C=O) groups excluding carboxylic acids is 1. The fourth-order valence-electron chi connectivity index (χ4n) is 3.27. The molecule has 1 N–H and O–H groups in total. The molecule has 0 saturated carbocycles. The van der Waals surface area contributed by atoms with Gasteiger partial charge in [0.2, 0.25) is 0 Å². The summed E-state index contributed by atoms with van der Waals surface area (Å²) in [7, 11) is 3.78. The third-order valence-corrected chi connectivity index (χ3v) is 5.59. The Morgan fingerprint density at radius 1 is 1.33 bits per heavy atom. The summed E-state index contributed by atoms with van der Waals surface area (Å²) < 4.78 is 1.96. The number of hydrogen-bond donors (Lipinski definition) is 1. The predicted octanol–water partition coefficient (Wildman–Crippen LogP) is 4.27. The molecule has 0 bridgehead atoms. The summed E-state index contributed by atoms with van der Waals surface area (Å²) >= 11 is 1.67. The van der Waals surface area contributed by atoms with Gasteiger partial charge < -0.3 is 14.8 Å². The summed E-state index contributed by atoms with van der Waals surface area (Å²) in [5.74, 6) is 0.984. The van der Waals surface area contributed by atoms with E-state index in [1.54, 1.807) is 11.8 Å². The lowest BCUT2D eigenvalue weighted by molar-refractivity contribution is 0.0949. The molecule has 1 aliphatic heterocycles. The van der Waals surface area contributed by atoms with E-state index < -0.39 is 0 Å². The number of aliphatic imine (C=N–C) groups is 1. The highest BCUT2D eigenvalue weighted by Crippen LogP contribution is 2.23. The molecule has 0 spiro atoms. The SMILES string of the molecule is CC.CC/C=C(/CNC(=O)c1cc(SC)c(C)n1C)C(=NC)N1CCCC1. The zero-order valence-corrected chi connectivity index (χ0v) is 18.9. The largest absolute Gasteiger partial charge is 0.357 e. The van der Waals surface area contributed by atoms with Crippen LogP contribution in [0.1, 0.15) is 56.2 Å². The van der Waals surface area contributed by atoms with Crippen LogP contribution in [0.2, 0.25) is 0 Å². The first-order valence-corrected chi connectivity index (χ1v) is 11.2. The number of likely N-dealkylation sites (tertiary alicyclic amines) is 1. The number of thioether (sulfide) groups is 1. The minimum atomic E-state index is -0.0372. The van der Waals surface area contributed by atoms with E-state index in [0.29, 0.717) is 12.2 Å². The van der Waals surface area contributed by atoms with Gasteiger partial charge in [0, 0.05) is 49.9 Å². The summed E-state index contributed by atoms with van der Waals surface area (Å²) in [5.41, 5.74) is 2.93. The molecule has 0 aliphatic carbocycles. The standard InChI is InChI=1S/C19H30N4OS.C2H6/c1-6-9-15(18(20-3)23-10-7-8-11-23)13-21-19(24)16-12-17(25-5)14(2)22(16)4;1-2/h9,12H,6-8,10-11,13H2,1-5H3,(H,21,24);1-2H3/b15-9-,20-18?;. The van der Waals surface area contributed by atoms with Gasteiger partial charge in [-0.3, -0.25) is 9.79 Å². The quantitative estimate of drug-likeness (QED) is 0.447. The van der Waals surface area contributed by atoms with Crippen LogP contribution in [0.5, 0.6) is 0 Å². The molecule has 1 amide bonds. The molecule has 0 atom stereocenters. The van der Waals surface area contributed by atoms with Gasteiger partial charge in [0.25, 0.3) is 5.91 Å². The Hall–Kier alpha value is -1.69. The number of rotatable bonds is 6. The second kappa shape index (κ2) is 11.9. The van der Waals surface area contributed by atoms with Crippen molar-refractivity contribution >= 4 is 23.5 Å². The fourth-order valence-corrected chi connectivity index (χ4v) is 3.93. The monoisotopic (exact) mass is 392 g/mol. The van der Waals surface area contributed by atoms with Crippen molar-refractivity contribution in [2.24, 2.45) is 12.0 Å². The van der Waals surface area contributed by atoms with E-state index in [0.717, 1.165) is 41.5 Å². The number of nitrogens with zero attached hydrogens (tertiary/aromatic N) is 3. The zero-order valence-electron chi connectivity index (χ0n) is 18.1. The molecular formula is C21H36N4OS. The molecule has 1 fully saturated rings. The first kappa shape index (κ1) is 23.3. The van der Waals surface area contributed by atoms with Gasteiger partial charge in [-0.15, -0.1) is 11.8 Å². The molecule has 27 heavy (non-hydrogen) atoms. The second-order valence-electron chi connectivity index (χ2n) is 6.30. The van der Waals surface area contributed by atoms with Gasteiger partial charge in [-0.2, -0.15) is 0 Å². The van der Waals surface area contributed by atoms with E-state index in [9.17, 15) is 4.79 Å². The maximum absolute atomic E-state index is 12.7. The Bertz CT molecular complexity index is 670. The molecule has 0 unspecified atom stereocenters. The van der Waals surface area contributed by atoms with Crippen molar-refractivity contribution in [3.63, 3.8) is 0 Å². The average molecular weight is 393 g/mol. The lowest BCUT2D eigenvalue weighted by atomic mass is 10.1. The van der Waals surface area contributed by atoms with Crippen LogP contribution < -0.4 is 5.32 Å². The molecule has 1 aromatic heterocycles. The lowest BCUT2D eigenvalue weighted by Crippen LogP contribution is -2.35. The Kier molecular flexibility index (Phi) is 10.3. The first-order valence-electron chi connectivity index (χ1n) is 9.93. The highest BCUT2D eigenvalue weighted by atomic mass is 32.2. The topological polar surface area (TPSA) is 49.6 Å². The smallest absolute Gasteiger partial charge is 0.268 e.